The molecule has 1 saturated carbocycles. The average Bonchev–Trinajstić information content (AvgIpc) is 3.59. The van der Waals surface area contributed by atoms with Crippen LogP contribution in [0.5, 0.6) is 5.75 Å². The molecule has 2 aliphatic heterocycles. The molecular weight excluding hydrogens is 606 g/mol. The van der Waals surface area contributed by atoms with Crippen molar-refractivity contribution in [3.8, 4) is 5.75 Å². The van der Waals surface area contributed by atoms with Gasteiger partial charge in [-0.15, -0.1) is 0 Å². The van der Waals surface area contributed by atoms with E-state index in [-0.39, 0.29) is 46.9 Å². The number of nitrogens with zero attached hydrogens (tertiary/aromatic N) is 3. The van der Waals surface area contributed by atoms with E-state index in [9.17, 15) is 27.6 Å². The van der Waals surface area contributed by atoms with E-state index in [4.69, 9.17) is 27.9 Å². The average molecular weight is 641 g/mol. The summed E-state index contributed by atoms with van der Waals surface area (Å²) in [6, 6.07) is 7.82. The van der Waals surface area contributed by atoms with Crippen molar-refractivity contribution in [1.29, 1.82) is 0 Å². The standard InChI is InChI=1S/C31H34Cl2F3N3O4/c1-30(10-11-30)29(42)38-12-8-18(9-13-38)28(41)39-16-21(19-4-6-23(32)24(33)15-19)25(17-39)37(2)27(40)20-5-7-26(43-3)22(14-20)31(34,35)36/h4-7,14-15,18,21,25H,8-13,16-17H2,1-3H3/t21-,25?/m1/s1. The number of carbonyl (C=O) groups is 3. The van der Waals surface area contributed by atoms with Crippen molar-refractivity contribution in [2.75, 3.05) is 40.3 Å². The third-order valence-electron chi connectivity index (χ3n) is 9.19. The van der Waals surface area contributed by atoms with Gasteiger partial charge in [-0.25, -0.2) is 0 Å². The van der Waals surface area contributed by atoms with E-state index >= 15 is 0 Å². The summed E-state index contributed by atoms with van der Waals surface area (Å²) in [6.45, 7) is 3.53. The molecule has 0 spiro atoms. The van der Waals surface area contributed by atoms with Crippen LogP contribution in [-0.4, -0.2) is 78.8 Å². The lowest BCUT2D eigenvalue weighted by molar-refractivity contribution is -0.142. The molecule has 43 heavy (non-hydrogen) atoms. The molecular formula is C31H34Cl2F3N3O4. The molecule has 5 rings (SSSR count). The van der Waals surface area contributed by atoms with Crippen LogP contribution in [0.25, 0.3) is 0 Å². The zero-order chi connectivity index (χ0) is 31.3. The molecule has 232 valence electrons. The summed E-state index contributed by atoms with van der Waals surface area (Å²) in [7, 11) is 2.67. The molecule has 1 aliphatic carbocycles. The van der Waals surface area contributed by atoms with Gasteiger partial charge in [0.15, 0.2) is 0 Å². The number of piperidine rings is 1. The van der Waals surface area contributed by atoms with Gasteiger partial charge in [0, 0.05) is 56.0 Å². The fraction of sp³-hybridized carbons (Fsp3) is 0.516. The molecule has 2 aromatic rings. The van der Waals surface area contributed by atoms with Crippen LogP contribution in [0.15, 0.2) is 36.4 Å². The van der Waals surface area contributed by atoms with Crippen LogP contribution in [0.1, 0.15) is 60.0 Å². The Morgan fingerprint density at radius 2 is 1.65 bits per heavy atom. The highest BCUT2D eigenvalue weighted by Crippen LogP contribution is 2.47. The second-order valence-electron chi connectivity index (χ2n) is 12.0. The van der Waals surface area contributed by atoms with Crippen LogP contribution < -0.4 is 4.74 Å². The van der Waals surface area contributed by atoms with Crippen LogP contribution in [0.2, 0.25) is 10.0 Å². The second kappa shape index (κ2) is 11.8. The summed E-state index contributed by atoms with van der Waals surface area (Å²) in [5.41, 5.74) is -0.680. The number of halogens is 5. The van der Waals surface area contributed by atoms with E-state index in [1.807, 2.05) is 11.8 Å². The molecule has 3 aliphatic rings. The molecule has 2 aromatic carbocycles. The fourth-order valence-electron chi connectivity index (χ4n) is 6.22. The van der Waals surface area contributed by atoms with E-state index < -0.39 is 23.7 Å². The van der Waals surface area contributed by atoms with Gasteiger partial charge in [0.1, 0.15) is 5.75 Å². The van der Waals surface area contributed by atoms with Crippen molar-refractivity contribution in [2.45, 2.75) is 50.7 Å². The molecule has 7 nitrogen and oxygen atoms in total. The Morgan fingerprint density at radius 1 is 0.977 bits per heavy atom. The summed E-state index contributed by atoms with van der Waals surface area (Å²) in [6.07, 6.45) is -1.80. The van der Waals surface area contributed by atoms with Crippen molar-refractivity contribution < 1.29 is 32.3 Å². The number of amides is 3. The smallest absolute Gasteiger partial charge is 0.419 e. The Hall–Kier alpha value is -2.98. The maximum absolute atomic E-state index is 13.8. The van der Waals surface area contributed by atoms with E-state index in [1.54, 1.807) is 23.1 Å². The predicted molar refractivity (Wildman–Crippen MR) is 156 cm³/mol. The first-order valence-electron chi connectivity index (χ1n) is 14.3. The van der Waals surface area contributed by atoms with Gasteiger partial charge < -0.3 is 19.4 Å². The summed E-state index contributed by atoms with van der Waals surface area (Å²) in [5, 5.41) is 0.680. The topological polar surface area (TPSA) is 70.2 Å². The first-order chi connectivity index (χ1) is 20.2. The van der Waals surface area contributed by atoms with Crippen LogP contribution >= 0.6 is 23.2 Å². The minimum absolute atomic E-state index is 0.0538. The molecule has 12 heteroatoms. The van der Waals surface area contributed by atoms with E-state index in [0.717, 1.165) is 37.6 Å². The van der Waals surface area contributed by atoms with Gasteiger partial charge in [-0.3, -0.25) is 14.4 Å². The predicted octanol–water partition coefficient (Wildman–Crippen LogP) is 6.13. The first-order valence-corrected chi connectivity index (χ1v) is 15.0. The second-order valence-corrected chi connectivity index (χ2v) is 12.9. The largest absolute Gasteiger partial charge is 0.496 e. The van der Waals surface area contributed by atoms with Crippen molar-refractivity contribution in [3.05, 3.63) is 63.1 Å². The van der Waals surface area contributed by atoms with Gasteiger partial charge in [0.05, 0.1) is 28.8 Å². The Labute approximate surface area is 258 Å². The Balaban J connectivity index is 1.37. The van der Waals surface area contributed by atoms with E-state index in [0.29, 0.717) is 42.5 Å². The van der Waals surface area contributed by atoms with Crippen molar-refractivity contribution in [3.63, 3.8) is 0 Å². The van der Waals surface area contributed by atoms with Gasteiger partial charge in [0.25, 0.3) is 5.91 Å². The van der Waals surface area contributed by atoms with E-state index in [2.05, 4.69) is 0 Å². The van der Waals surface area contributed by atoms with Crippen molar-refractivity contribution >= 4 is 40.9 Å². The monoisotopic (exact) mass is 639 g/mol. The SMILES string of the molecule is COc1ccc(C(=O)N(C)C2CN(C(=O)C3CCN(C(=O)C4(C)CC4)CC3)C[C@@H]2c2ccc(Cl)c(Cl)c2)cc1C(F)(F)F. The highest BCUT2D eigenvalue weighted by Gasteiger charge is 2.48. The third-order valence-corrected chi connectivity index (χ3v) is 9.93. The summed E-state index contributed by atoms with van der Waals surface area (Å²) < 4.78 is 45.9. The molecule has 2 saturated heterocycles. The lowest BCUT2D eigenvalue weighted by Gasteiger charge is -2.34. The molecule has 2 heterocycles. The lowest BCUT2D eigenvalue weighted by Crippen LogP contribution is -2.46. The Kier molecular flexibility index (Phi) is 8.66. The van der Waals surface area contributed by atoms with Gasteiger partial charge in [-0.05, 0) is 61.6 Å². The van der Waals surface area contributed by atoms with E-state index in [1.165, 1.54) is 18.0 Å². The number of hydrogen-bond donors (Lipinski definition) is 0. The highest BCUT2D eigenvalue weighted by atomic mass is 35.5. The maximum atomic E-state index is 13.8. The number of likely N-dealkylation sites (tertiary alicyclic amines) is 2. The number of methoxy groups -OCH3 is 1. The van der Waals surface area contributed by atoms with Crippen LogP contribution in [-0.2, 0) is 15.8 Å². The summed E-state index contributed by atoms with van der Waals surface area (Å²) in [5.74, 6) is -1.51. The number of ether oxygens (including phenoxy) is 1. The molecule has 0 bridgehead atoms. The number of benzene rings is 2. The molecule has 1 unspecified atom stereocenters. The van der Waals surface area contributed by atoms with Crippen LogP contribution in [0, 0.1) is 11.3 Å². The van der Waals surface area contributed by atoms with Gasteiger partial charge in [-0.2, -0.15) is 13.2 Å². The summed E-state index contributed by atoms with van der Waals surface area (Å²) >= 11 is 12.5. The minimum atomic E-state index is -4.71. The number of likely N-dealkylation sites (N-methyl/N-ethyl adjacent to an activating group) is 1. The van der Waals surface area contributed by atoms with Crippen LogP contribution in [0.4, 0.5) is 13.2 Å². The molecule has 3 amide bonds. The Morgan fingerprint density at radius 3 is 2.23 bits per heavy atom. The van der Waals surface area contributed by atoms with Gasteiger partial charge in [0.2, 0.25) is 11.8 Å². The fourth-order valence-corrected chi connectivity index (χ4v) is 6.52. The number of hydrogen-bond acceptors (Lipinski definition) is 4. The Bertz CT molecular complexity index is 1420. The molecule has 0 N–H and O–H groups in total. The minimum Gasteiger partial charge on any atom is -0.496 e. The third kappa shape index (κ3) is 6.32. The van der Waals surface area contributed by atoms with Crippen LogP contribution in [0.3, 0.4) is 0 Å². The molecule has 3 fully saturated rings. The van der Waals surface area contributed by atoms with Gasteiger partial charge in [-0.1, -0.05) is 36.2 Å². The molecule has 0 aromatic heterocycles. The molecule has 2 atom stereocenters. The zero-order valence-corrected chi connectivity index (χ0v) is 25.7. The quantitative estimate of drug-likeness (QED) is 0.382. The number of rotatable bonds is 6. The number of carbonyl (C=O) groups excluding carboxylic acids is 3. The molecule has 0 radical (unpaired) electrons. The normalized spacial score (nSPS) is 22.0. The van der Waals surface area contributed by atoms with Gasteiger partial charge >= 0.3 is 6.18 Å². The van der Waals surface area contributed by atoms with Crippen molar-refractivity contribution in [1.82, 2.24) is 14.7 Å². The zero-order valence-electron chi connectivity index (χ0n) is 24.2. The highest BCUT2D eigenvalue weighted by molar-refractivity contribution is 6.42. The summed E-state index contributed by atoms with van der Waals surface area (Å²) in [4.78, 5) is 45.1. The lowest BCUT2D eigenvalue weighted by atomic mass is 9.92. The first kappa shape index (κ1) is 31.4. The maximum Gasteiger partial charge on any atom is 0.419 e. The number of alkyl halides is 3. The van der Waals surface area contributed by atoms with Crippen molar-refractivity contribution in [2.24, 2.45) is 11.3 Å².